The normalized spacial score (nSPS) is 28.1. The Kier molecular flexibility index (Phi) is 4.24. The molecule has 0 spiro atoms. The van der Waals surface area contributed by atoms with Crippen molar-refractivity contribution in [1.29, 1.82) is 0 Å². The summed E-state index contributed by atoms with van der Waals surface area (Å²) in [6.07, 6.45) is 6.43. The van der Waals surface area contributed by atoms with Gasteiger partial charge < -0.3 is 10.4 Å². The van der Waals surface area contributed by atoms with E-state index in [-0.39, 0.29) is 17.7 Å². The molecule has 122 valence electrons. The smallest absolute Gasteiger partial charge is 0.307 e. The van der Waals surface area contributed by atoms with E-state index in [9.17, 15) is 14.7 Å². The predicted octanol–water partition coefficient (Wildman–Crippen LogP) is 3.27. The number of para-hydroxylation sites is 1. The van der Waals surface area contributed by atoms with E-state index in [4.69, 9.17) is 0 Å². The third-order valence-electron chi connectivity index (χ3n) is 5.29. The van der Waals surface area contributed by atoms with Gasteiger partial charge in [0.15, 0.2) is 0 Å². The number of hydrogen-bond donors (Lipinski definition) is 2. The van der Waals surface area contributed by atoms with Gasteiger partial charge in [-0.25, -0.2) is 0 Å². The number of benzene rings is 1. The van der Waals surface area contributed by atoms with E-state index < -0.39 is 17.8 Å². The van der Waals surface area contributed by atoms with Gasteiger partial charge in [0.1, 0.15) is 0 Å². The number of aryl methyl sites for hydroxylation is 2. The molecule has 0 radical (unpaired) electrons. The summed E-state index contributed by atoms with van der Waals surface area (Å²) in [5.74, 6) is -2.01. The van der Waals surface area contributed by atoms with Crippen LogP contribution in [0.2, 0.25) is 0 Å². The molecule has 1 aromatic carbocycles. The summed E-state index contributed by atoms with van der Waals surface area (Å²) in [5, 5.41) is 12.6. The second-order valence-corrected chi connectivity index (χ2v) is 6.49. The first-order valence-corrected chi connectivity index (χ1v) is 8.39. The summed E-state index contributed by atoms with van der Waals surface area (Å²) in [4.78, 5) is 24.4. The lowest BCUT2D eigenvalue weighted by Gasteiger charge is -2.25. The maximum atomic E-state index is 12.8. The molecular formula is C19H23NO3. The second-order valence-electron chi connectivity index (χ2n) is 6.49. The molecule has 23 heavy (non-hydrogen) atoms. The first-order chi connectivity index (χ1) is 11.1. The van der Waals surface area contributed by atoms with Gasteiger partial charge in [0.05, 0.1) is 11.8 Å². The Hall–Kier alpha value is -2.10. The summed E-state index contributed by atoms with van der Waals surface area (Å²) in [6.45, 7) is 4.12. The van der Waals surface area contributed by atoms with E-state index in [0.717, 1.165) is 36.1 Å². The molecule has 4 nitrogen and oxygen atoms in total. The second kappa shape index (κ2) is 6.19. The number of carboxylic acids is 1. The summed E-state index contributed by atoms with van der Waals surface area (Å²) in [7, 11) is 0. The van der Waals surface area contributed by atoms with Crippen molar-refractivity contribution in [3.8, 4) is 0 Å². The third kappa shape index (κ3) is 2.67. The van der Waals surface area contributed by atoms with Crippen molar-refractivity contribution in [2.75, 3.05) is 5.32 Å². The summed E-state index contributed by atoms with van der Waals surface area (Å²) < 4.78 is 0. The molecule has 1 amide bonds. The number of rotatable bonds is 5. The molecule has 2 N–H and O–H groups in total. The van der Waals surface area contributed by atoms with E-state index >= 15 is 0 Å². The molecule has 1 saturated carbocycles. The fourth-order valence-corrected chi connectivity index (χ4v) is 4.13. The van der Waals surface area contributed by atoms with Crippen LogP contribution < -0.4 is 5.32 Å². The number of aliphatic carboxylic acids is 1. The molecule has 1 aromatic rings. The molecular weight excluding hydrogens is 290 g/mol. The van der Waals surface area contributed by atoms with Crippen molar-refractivity contribution in [3.63, 3.8) is 0 Å². The molecule has 0 aromatic heterocycles. The minimum Gasteiger partial charge on any atom is -0.481 e. The predicted molar refractivity (Wildman–Crippen MR) is 89.2 cm³/mol. The van der Waals surface area contributed by atoms with Gasteiger partial charge in [-0.05, 0) is 42.2 Å². The minimum atomic E-state index is -0.860. The number of anilines is 1. The monoisotopic (exact) mass is 313 g/mol. The minimum absolute atomic E-state index is 0.000291. The van der Waals surface area contributed by atoms with Gasteiger partial charge in [0.2, 0.25) is 5.91 Å². The zero-order valence-corrected chi connectivity index (χ0v) is 13.6. The molecule has 0 saturated heterocycles. The van der Waals surface area contributed by atoms with Gasteiger partial charge in [-0.2, -0.15) is 0 Å². The molecule has 0 heterocycles. The van der Waals surface area contributed by atoms with Crippen LogP contribution in [0.3, 0.4) is 0 Å². The third-order valence-corrected chi connectivity index (χ3v) is 5.29. The average molecular weight is 313 g/mol. The lowest BCUT2D eigenvalue weighted by molar-refractivity contribution is -0.146. The highest BCUT2D eigenvalue weighted by Crippen LogP contribution is 2.48. The average Bonchev–Trinajstić information content (AvgIpc) is 3.15. The Morgan fingerprint density at radius 3 is 2.17 bits per heavy atom. The van der Waals surface area contributed by atoms with Crippen LogP contribution in [0, 0.1) is 23.7 Å². The van der Waals surface area contributed by atoms with Gasteiger partial charge in [0.25, 0.3) is 0 Å². The van der Waals surface area contributed by atoms with E-state index in [1.54, 1.807) is 0 Å². The van der Waals surface area contributed by atoms with Crippen LogP contribution in [-0.4, -0.2) is 17.0 Å². The van der Waals surface area contributed by atoms with E-state index in [1.165, 1.54) is 0 Å². The van der Waals surface area contributed by atoms with Crippen molar-refractivity contribution in [2.45, 2.75) is 33.1 Å². The molecule has 2 aliphatic rings. The standard InChI is InChI=1S/C19H23NO3/c1-3-11-6-5-7-12(4-2)17(11)20-18(21)15-13-8-9-14(10-13)16(15)19(22)23/h5-9,13-16H,3-4,10H2,1-2H3,(H,20,21)(H,22,23)/t13-,14+,15-,16+/m1/s1. The number of carbonyl (C=O) groups is 2. The Morgan fingerprint density at radius 1 is 1.09 bits per heavy atom. The van der Waals surface area contributed by atoms with Crippen LogP contribution in [0.25, 0.3) is 0 Å². The molecule has 4 atom stereocenters. The van der Waals surface area contributed by atoms with Gasteiger partial charge in [-0.1, -0.05) is 44.2 Å². The topological polar surface area (TPSA) is 66.4 Å². The van der Waals surface area contributed by atoms with Crippen molar-refractivity contribution in [2.24, 2.45) is 23.7 Å². The summed E-state index contributed by atoms with van der Waals surface area (Å²) in [5.41, 5.74) is 3.07. The van der Waals surface area contributed by atoms with Crippen molar-refractivity contribution >= 4 is 17.6 Å². The number of carbonyl (C=O) groups excluding carboxylic acids is 1. The van der Waals surface area contributed by atoms with E-state index in [1.807, 2.05) is 30.4 Å². The zero-order valence-electron chi connectivity index (χ0n) is 13.6. The number of fused-ring (bicyclic) bond motifs is 2. The largest absolute Gasteiger partial charge is 0.481 e. The summed E-state index contributed by atoms with van der Waals surface area (Å²) >= 11 is 0. The molecule has 0 unspecified atom stereocenters. The van der Waals surface area contributed by atoms with E-state index in [0.29, 0.717) is 0 Å². The molecule has 1 fully saturated rings. The first kappa shape index (κ1) is 15.8. The molecule has 2 aliphatic carbocycles. The number of amides is 1. The van der Waals surface area contributed by atoms with Crippen LogP contribution in [-0.2, 0) is 22.4 Å². The quantitative estimate of drug-likeness (QED) is 0.820. The van der Waals surface area contributed by atoms with Gasteiger partial charge in [-0.3, -0.25) is 9.59 Å². The van der Waals surface area contributed by atoms with Crippen LogP contribution in [0.1, 0.15) is 31.4 Å². The van der Waals surface area contributed by atoms with Crippen LogP contribution in [0.5, 0.6) is 0 Å². The molecule has 0 aliphatic heterocycles. The zero-order chi connectivity index (χ0) is 16.6. The SMILES string of the molecule is CCc1cccc(CC)c1NC(=O)[C@H]1[C@@H](C(=O)O)[C@H]2C=C[C@@H]1C2. The lowest BCUT2D eigenvalue weighted by Crippen LogP contribution is -2.36. The lowest BCUT2D eigenvalue weighted by atomic mass is 9.82. The van der Waals surface area contributed by atoms with E-state index in [2.05, 4.69) is 19.2 Å². The fraction of sp³-hybridized carbons (Fsp3) is 0.474. The Labute approximate surface area is 136 Å². The van der Waals surface area contributed by atoms with Crippen LogP contribution >= 0.6 is 0 Å². The van der Waals surface area contributed by atoms with Crippen molar-refractivity contribution < 1.29 is 14.7 Å². The van der Waals surface area contributed by atoms with Gasteiger partial charge in [0, 0.05) is 5.69 Å². The molecule has 4 heteroatoms. The van der Waals surface area contributed by atoms with Crippen LogP contribution in [0.4, 0.5) is 5.69 Å². The van der Waals surface area contributed by atoms with Crippen molar-refractivity contribution in [1.82, 2.24) is 0 Å². The number of nitrogens with one attached hydrogen (secondary N) is 1. The maximum Gasteiger partial charge on any atom is 0.307 e. The number of allylic oxidation sites excluding steroid dienone is 2. The highest BCUT2D eigenvalue weighted by Gasteiger charge is 2.51. The highest BCUT2D eigenvalue weighted by atomic mass is 16.4. The molecule has 3 rings (SSSR count). The Morgan fingerprint density at radius 2 is 1.65 bits per heavy atom. The van der Waals surface area contributed by atoms with Gasteiger partial charge >= 0.3 is 5.97 Å². The first-order valence-electron chi connectivity index (χ1n) is 8.39. The maximum absolute atomic E-state index is 12.8. The highest BCUT2D eigenvalue weighted by molar-refractivity contribution is 5.97. The Balaban J connectivity index is 1.88. The number of carboxylic acid groups (broad SMARTS) is 1. The van der Waals surface area contributed by atoms with Crippen molar-refractivity contribution in [3.05, 3.63) is 41.5 Å². The Bertz CT molecular complexity index is 642. The molecule has 2 bridgehead atoms. The number of hydrogen-bond acceptors (Lipinski definition) is 2. The fourth-order valence-electron chi connectivity index (χ4n) is 4.13. The summed E-state index contributed by atoms with van der Waals surface area (Å²) in [6, 6.07) is 6.04. The van der Waals surface area contributed by atoms with Crippen LogP contribution in [0.15, 0.2) is 30.4 Å². The van der Waals surface area contributed by atoms with Gasteiger partial charge in [-0.15, -0.1) is 0 Å².